The van der Waals surface area contributed by atoms with Crippen LogP contribution >= 0.6 is 11.8 Å². The molecule has 0 bridgehead atoms. The molecule has 2 unspecified atom stereocenters. The van der Waals surface area contributed by atoms with Crippen LogP contribution in [-0.4, -0.2) is 35.2 Å². The Morgan fingerprint density at radius 1 is 1.77 bits per heavy atom. The van der Waals surface area contributed by atoms with Crippen LogP contribution in [0.2, 0.25) is 0 Å². The summed E-state index contributed by atoms with van der Waals surface area (Å²) in [4.78, 5) is 10.7. The van der Waals surface area contributed by atoms with E-state index in [9.17, 15) is 4.79 Å². The van der Waals surface area contributed by atoms with E-state index in [2.05, 4.69) is 5.32 Å². The Labute approximate surface area is 83.3 Å². The molecular formula is C9H17NO2S. The van der Waals surface area contributed by atoms with Gasteiger partial charge >= 0.3 is 5.97 Å². The second kappa shape index (κ2) is 5.50. The van der Waals surface area contributed by atoms with E-state index in [4.69, 9.17) is 5.11 Å². The molecule has 1 heterocycles. The Hall–Kier alpha value is -0.220. The second-order valence-corrected chi connectivity index (χ2v) is 4.59. The summed E-state index contributed by atoms with van der Waals surface area (Å²) in [7, 11) is 0. The highest BCUT2D eigenvalue weighted by molar-refractivity contribution is 7.99. The molecule has 1 rings (SSSR count). The normalized spacial score (nSPS) is 24.5. The fraction of sp³-hybridized carbons (Fsp3) is 0.889. The third-order valence-electron chi connectivity index (χ3n) is 2.38. The maximum absolute atomic E-state index is 10.7. The van der Waals surface area contributed by atoms with Gasteiger partial charge in [-0.3, -0.25) is 4.79 Å². The number of carbonyl (C=O) groups is 1. The van der Waals surface area contributed by atoms with Gasteiger partial charge in [0.1, 0.15) is 6.04 Å². The molecule has 76 valence electrons. The maximum atomic E-state index is 10.7. The molecule has 1 fully saturated rings. The fourth-order valence-corrected chi connectivity index (χ4v) is 2.74. The van der Waals surface area contributed by atoms with E-state index >= 15 is 0 Å². The zero-order chi connectivity index (χ0) is 9.68. The molecule has 0 aromatic rings. The average molecular weight is 203 g/mol. The SMILES string of the molecule is CCC(NCC1CCSC1)C(=O)O. The molecule has 0 saturated carbocycles. The number of hydrogen-bond acceptors (Lipinski definition) is 3. The average Bonchev–Trinajstić information content (AvgIpc) is 2.57. The van der Waals surface area contributed by atoms with Crippen LogP contribution in [0.4, 0.5) is 0 Å². The number of nitrogens with one attached hydrogen (secondary N) is 1. The molecular weight excluding hydrogens is 186 g/mol. The van der Waals surface area contributed by atoms with Gasteiger partial charge in [-0.1, -0.05) is 6.92 Å². The van der Waals surface area contributed by atoms with Crippen LogP contribution in [0.25, 0.3) is 0 Å². The maximum Gasteiger partial charge on any atom is 0.320 e. The van der Waals surface area contributed by atoms with Crippen molar-refractivity contribution >= 4 is 17.7 Å². The molecule has 0 aromatic heterocycles. The minimum atomic E-state index is -0.729. The lowest BCUT2D eigenvalue weighted by atomic mass is 10.1. The highest BCUT2D eigenvalue weighted by Gasteiger charge is 2.19. The summed E-state index contributed by atoms with van der Waals surface area (Å²) in [5, 5.41) is 11.9. The first-order valence-electron chi connectivity index (χ1n) is 4.78. The Morgan fingerprint density at radius 2 is 2.54 bits per heavy atom. The molecule has 2 atom stereocenters. The molecule has 1 saturated heterocycles. The van der Waals surface area contributed by atoms with E-state index in [1.807, 2.05) is 18.7 Å². The molecule has 0 aromatic carbocycles. The van der Waals surface area contributed by atoms with E-state index in [1.54, 1.807) is 0 Å². The van der Waals surface area contributed by atoms with Gasteiger partial charge in [0.25, 0.3) is 0 Å². The lowest BCUT2D eigenvalue weighted by Crippen LogP contribution is -2.38. The lowest BCUT2D eigenvalue weighted by molar-refractivity contribution is -0.139. The molecule has 13 heavy (non-hydrogen) atoms. The van der Waals surface area contributed by atoms with Crippen molar-refractivity contribution in [2.24, 2.45) is 5.92 Å². The largest absolute Gasteiger partial charge is 0.480 e. The molecule has 0 radical (unpaired) electrons. The zero-order valence-electron chi connectivity index (χ0n) is 7.95. The molecule has 2 N–H and O–H groups in total. The van der Waals surface area contributed by atoms with Gasteiger partial charge in [0, 0.05) is 0 Å². The minimum absolute atomic E-state index is 0.356. The molecule has 4 heteroatoms. The van der Waals surface area contributed by atoms with Crippen LogP contribution in [0, 0.1) is 5.92 Å². The van der Waals surface area contributed by atoms with Gasteiger partial charge in [-0.15, -0.1) is 0 Å². The summed E-state index contributed by atoms with van der Waals surface area (Å²) in [6.07, 6.45) is 1.89. The number of aliphatic carboxylic acids is 1. The highest BCUT2D eigenvalue weighted by Crippen LogP contribution is 2.22. The van der Waals surface area contributed by atoms with Crippen LogP contribution < -0.4 is 5.32 Å². The number of carboxylic acids is 1. The minimum Gasteiger partial charge on any atom is -0.480 e. The molecule has 1 aliphatic heterocycles. The standard InChI is InChI=1S/C9H17NO2S/c1-2-8(9(11)12)10-5-7-3-4-13-6-7/h7-8,10H,2-6H2,1H3,(H,11,12). The van der Waals surface area contributed by atoms with Gasteiger partial charge < -0.3 is 10.4 Å². The second-order valence-electron chi connectivity index (χ2n) is 3.44. The predicted molar refractivity (Wildman–Crippen MR) is 55.1 cm³/mol. The molecule has 0 spiro atoms. The van der Waals surface area contributed by atoms with Crippen molar-refractivity contribution in [2.45, 2.75) is 25.8 Å². The first kappa shape index (κ1) is 10.9. The van der Waals surface area contributed by atoms with Crippen molar-refractivity contribution in [3.8, 4) is 0 Å². The monoisotopic (exact) mass is 203 g/mol. The number of hydrogen-bond donors (Lipinski definition) is 2. The summed E-state index contributed by atoms with van der Waals surface area (Å²) in [6.45, 7) is 2.76. The van der Waals surface area contributed by atoms with Gasteiger partial charge in [0.05, 0.1) is 0 Å². The topological polar surface area (TPSA) is 49.3 Å². The van der Waals surface area contributed by atoms with E-state index in [0.29, 0.717) is 12.3 Å². The van der Waals surface area contributed by atoms with E-state index in [0.717, 1.165) is 6.54 Å². The summed E-state index contributed by atoms with van der Waals surface area (Å²) in [6, 6.07) is -0.356. The first-order valence-corrected chi connectivity index (χ1v) is 5.93. The summed E-state index contributed by atoms with van der Waals surface area (Å²) in [5.74, 6) is 2.37. The van der Waals surface area contributed by atoms with Gasteiger partial charge in [-0.25, -0.2) is 0 Å². The van der Waals surface area contributed by atoms with E-state index < -0.39 is 5.97 Å². The van der Waals surface area contributed by atoms with Gasteiger partial charge in [0.15, 0.2) is 0 Å². The van der Waals surface area contributed by atoms with Gasteiger partial charge in [-0.2, -0.15) is 11.8 Å². The predicted octanol–water partition coefficient (Wildman–Crippen LogP) is 1.19. The van der Waals surface area contributed by atoms with Crippen LogP contribution in [-0.2, 0) is 4.79 Å². The third kappa shape index (κ3) is 3.56. The van der Waals surface area contributed by atoms with Crippen LogP contribution in [0.15, 0.2) is 0 Å². The Morgan fingerprint density at radius 3 is 3.00 bits per heavy atom. The van der Waals surface area contributed by atoms with Crippen molar-refractivity contribution in [1.82, 2.24) is 5.32 Å². The zero-order valence-corrected chi connectivity index (χ0v) is 8.77. The summed E-state index contributed by atoms with van der Waals surface area (Å²) < 4.78 is 0. The molecule has 0 amide bonds. The van der Waals surface area contributed by atoms with Crippen molar-refractivity contribution < 1.29 is 9.90 Å². The first-order chi connectivity index (χ1) is 6.24. The highest BCUT2D eigenvalue weighted by atomic mass is 32.2. The van der Waals surface area contributed by atoms with Crippen molar-refractivity contribution in [3.05, 3.63) is 0 Å². The van der Waals surface area contributed by atoms with Crippen LogP contribution in [0.5, 0.6) is 0 Å². The van der Waals surface area contributed by atoms with Crippen molar-refractivity contribution in [1.29, 1.82) is 0 Å². The third-order valence-corrected chi connectivity index (χ3v) is 3.61. The summed E-state index contributed by atoms with van der Waals surface area (Å²) in [5.41, 5.74) is 0. The van der Waals surface area contributed by atoms with E-state index in [-0.39, 0.29) is 6.04 Å². The summed E-state index contributed by atoms with van der Waals surface area (Å²) >= 11 is 1.96. The number of rotatable bonds is 5. The lowest BCUT2D eigenvalue weighted by Gasteiger charge is -2.15. The molecule has 3 nitrogen and oxygen atoms in total. The number of thioether (sulfide) groups is 1. The quantitative estimate of drug-likeness (QED) is 0.705. The molecule has 1 aliphatic rings. The Bertz CT molecular complexity index is 169. The van der Waals surface area contributed by atoms with Gasteiger partial charge in [0.2, 0.25) is 0 Å². The smallest absolute Gasteiger partial charge is 0.320 e. The Kier molecular flexibility index (Phi) is 4.59. The van der Waals surface area contributed by atoms with Crippen molar-refractivity contribution in [2.75, 3.05) is 18.1 Å². The van der Waals surface area contributed by atoms with Gasteiger partial charge in [-0.05, 0) is 36.8 Å². The molecule has 0 aliphatic carbocycles. The van der Waals surface area contributed by atoms with Crippen LogP contribution in [0.1, 0.15) is 19.8 Å². The number of carboxylic acid groups (broad SMARTS) is 1. The Balaban J connectivity index is 2.18. The van der Waals surface area contributed by atoms with E-state index in [1.165, 1.54) is 17.9 Å². The van der Waals surface area contributed by atoms with Crippen LogP contribution in [0.3, 0.4) is 0 Å². The fourth-order valence-electron chi connectivity index (χ4n) is 1.46. The van der Waals surface area contributed by atoms with Crippen molar-refractivity contribution in [3.63, 3.8) is 0 Å².